The van der Waals surface area contributed by atoms with E-state index >= 15 is 0 Å². The van der Waals surface area contributed by atoms with Crippen LogP contribution in [0.4, 0.5) is 11.8 Å². The fourth-order valence-electron chi connectivity index (χ4n) is 2.07. The molecule has 2 rings (SSSR count). The molecule has 0 aliphatic heterocycles. The number of aryl methyl sites for hydroxylation is 2. The molecule has 112 valence electrons. The first-order chi connectivity index (χ1) is 10.1. The van der Waals surface area contributed by atoms with E-state index in [-0.39, 0.29) is 0 Å². The molecule has 0 aliphatic rings. The number of nitrogens with zero attached hydrogens (tertiary/aromatic N) is 4. The van der Waals surface area contributed by atoms with Crippen LogP contribution in [0.3, 0.4) is 0 Å². The number of anilines is 2. The van der Waals surface area contributed by atoms with Crippen LogP contribution in [-0.2, 0) is 6.54 Å². The standard InChI is InChI=1S/C16H23N5/c1-5-9-17-16-19-13(3)10-15(20-16)21(4)11-14-8-6-7-12(2)18-14/h6-8,10H,5,9,11H2,1-4H3,(H,17,19,20). The van der Waals surface area contributed by atoms with Crippen LogP contribution in [0, 0.1) is 13.8 Å². The number of nitrogens with one attached hydrogen (secondary N) is 1. The van der Waals surface area contributed by atoms with Gasteiger partial charge in [-0.05, 0) is 32.4 Å². The van der Waals surface area contributed by atoms with Crippen LogP contribution in [0.1, 0.15) is 30.4 Å². The van der Waals surface area contributed by atoms with E-state index in [0.717, 1.165) is 42.4 Å². The van der Waals surface area contributed by atoms with E-state index in [4.69, 9.17) is 0 Å². The smallest absolute Gasteiger partial charge is 0.224 e. The Morgan fingerprint density at radius 1 is 1.10 bits per heavy atom. The Balaban J connectivity index is 2.14. The van der Waals surface area contributed by atoms with E-state index in [1.807, 2.05) is 45.2 Å². The SMILES string of the molecule is CCCNc1nc(C)cc(N(C)Cc2cccc(C)n2)n1. The van der Waals surface area contributed by atoms with Crippen LogP contribution in [0.25, 0.3) is 0 Å². The average Bonchev–Trinajstić information content (AvgIpc) is 2.44. The van der Waals surface area contributed by atoms with E-state index in [9.17, 15) is 0 Å². The third kappa shape index (κ3) is 4.41. The first-order valence-corrected chi connectivity index (χ1v) is 7.31. The Kier molecular flexibility index (Phi) is 5.09. The summed E-state index contributed by atoms with van der Waals surface area (Å²) in [5.74, 6) is 1.60. The second-order valence-electron chi connectivity index (χ2n) is 5.24. The summed E-state index contributed by atoms with van der Waals surface area (Å²) in [4.78, 5) is 15.6. The molecule has 0 bridgehead atoms. The van der Waals surface area contributed by atoms with Gasteiger partial charge in [-0.15, -0.1) is 0 Å². The Morgan fingerprint density at radius 2 is 1.90 bits per heavy atom. The van der Waals surface area contributed by atoms with Crippen LogP contribution in [0.15, 0.2) is 24.3 Å². The van der Waals surface area contributed by atoms with Crippen LogP contribution in [0.5, 0.6) is 0 Å². The molecule has 5 nitrogen and oxygen atoms in total. The highest BCUT2D eigenvalue weighted by Crippen LogP contribution is 2.15. The van der Waals surface area contributed by atoms with Crippen molar-refractivity contribution in [3.8, 4) is 0 Å². The highest BCUT2D eigenvalue weighted by Gasteiger charge is 2.08. The van der Waals surface area contributed by atoms with Gasteiger partial charge in [-0.3, -0.25) is 4.98 Å². The van der Waals surface area contributed by atoms with E-state index < -0.39 is 0 Å². The topological polar surface area (TPSA) is 53.9 Å². The van der Waals surface area contributed by atoms with Gasteiger partial charge in [0.1, 0.15) is 5.82 Å². The molecule has 0 atom stereocenters. The fourth-order valence-corrected chi connectivity index (χ4v) is 2.07. The molecule has 0 saturated carbocycles. The Morgan fingerprint density at radius 3 is 2.62 bits per heavy atom. The number of rotatable bonds is 6. The third-order valence-electron chi connectivity index (χ3n) is 3.11. The van der Waals surface area contributed by atoms with Gasteiger partial charge in [-0.25, -0.2) is 4.98 Å². The lowest BCUT2D eigenvalue weighted by Crippen LogP contribution is -2.20. The van der Waals surface area contributed by atoms with Crippen LogP contribution in [0.2, 0.25) is 0 Å². The summed E-state index contributed by atoms with van der Waals surface area (Å²) in [6.45, 7) is 7.73. The summed E-state index contributed by atoms with van der Waals surface area (Å²) < 4.78 is 0. The zero-order chi connectivity index (χ0) is 15.2. The number of pyridine rings is 1. The van der Waals surface area contributed by atoms with Crippen molar-refractivity contribution < 1.29 is 0 Å². The zero-order valence-electron chi connectivity index (χ0n) is 13.2. The third-order valence-corrected chi connectivity index (χ3v) is 3.11. The molecule has 0 radical (unpaired) electrons. The van der Waals surface area contributed by atoms with E-state index in [2.05, 4.69) is 32.1 Å². The van der Waals surface area contributed by atoms with Gasteiger partial charge in [0.15, 0.2) is 0 Å². The second-order valence-corrected chi connectivity index (χ2v) is 5.24. The molecule has 0 amide bonds. The predicted octanol–water partition coefficient (Wildman–Crippen LogP) is 2.95. The van der Waals surface area contributed by atoms with Gasteiger partial charge in [0.05, 0.1) is 12.2 Å². The molecule has 2 heterocycles. The molecular weight excluding hydrogens is 262 g/mol. The molecular formula is C16H23N5. The molecule has 5 heteroatoms. The minimum absolute atomic E-state index is 0.691. The van der Waals surface area contributed by atoms with Gasteiger partial charge in [0.25, 0.3) is 0 Å². The minimum Gasteiger partial charge on any atom is -0.354 e. The zero-order valence-corrected chi connectivity index (χ0v) is 13.2. The molecule has 0 fully saturated rings. The van der Waals surface area contributed by atoms with E-state index in [1.54, 1.807) is 0 Å². The first kappa shape index (κ1) is 15.2. The fraction of sp³-hybridized carbons (Fsp3) is 0.438. The summed E-state index contributed by atoms with van der Waals surface area (Å²) in [6, 6.07) is 8.07. The molecule has 0 aliphatic carbocycles. The van der Waals surface area contributed by atoms with Crippen molar-refractivity contribution in [2.45, 2.75) is 33.7 Å². The maximum atomic E-state index is 4.57. The molecule has 2 aromatic rings. The summed E-state index contributed by atoms with van der Waals surface area (Å²) in [5, 5.41) is 3.24. The molecule has 1 N–H and O–H groups in total. The molecule has 0 aromatic carbocycles. The highest BCUT2D eigenvalue weighted by molar-refractivity contribution is 5.44. The van der Waals surface area contributed by atoms with Crippen LogP contribution < -0.4 is 10.2 Å². The predicted molar refractivity (Wildman–Crippen MR) is 86.6 cm³/mol. The quantitative estimate of drug-likeness (QED) is 0.884. The van der Waals surface area contributed by atoms with Gasteiger partial charge >= 0.3 is 0 Å². The largest absolute Gasteiger partial charge is 0.354 e. The Hall–Kier alpha value is -2.17. The first-order valence-electron chi connectivity index (χ1n) is 7.31. The lowest BCUT2D eigenvalue weighted by Gasteiger charge is -2.19. The molecule has 2 aromatic heterocycles. The maximum Gasteiger partial charge on any atom is 0.224 e. The van der Waals surface area contributed by atoms with Crippen LogP contribution >= 0.6 is 0 Å². The van der Waals surface area contributed by atoms with Crippen molar-refractivity contribution >= 4 is 11.8 Å². The number of hydrogen-bond donors (Lipinski definition) is 1. The molecule has 0 unspecified atom stereocenters. The molecule has 0 spiro atoms. The lowest BCUT2D eigenvalue weighted by molar-refractivity contribution is 0.849. The summed E-state index contributed by atoms with van der Waals surface area (Å²) in [6.07, 6.45) is 1.05. The van der Waals surface area contributed by atoms with E-state index in [1.165, 1.54) is 0 Å². The summed E-state index contributed by atoms with van der Waals surface area (Å²) in [7, 11) is 2.02. The average molecular weight is 285 g/mol. The van der Waals surface area contributed by atoms with Crippen LogP contribution in [-0.4, -0.2) is 28.5 Å². The summed E-state index contributed by atoms with van der Waals surface area (Å²) >= 11 is 0. The summed E-state index contributed by atoms with van der Waals surface area (Å²) in [5.41, 5.74) is 3.03. The van der Waals surface area contributed by atoms with Crippen molar-refractivity contribution in [3.05, 3.63) is 41.3 Å². The van der Waals surface area contributed by atoms with Crippen molar-refractivity contribution in [1.29, 1.82) is 0 Å². The minimum atomic E-state index is 0.691. The van der Waals surface area contributed by atoms with Crippen molar-refractivity contribution in [3.63, 3.8) is 0 Å². The van der Waals surface area contributed by atoms with Gasteiger partial charge in [0, 0.05) is 31.0 Å². The van der Waals surface area contributed by atoms with Crippen molar-refractivity contribution in [2.75, 3.05) is 23.8 Å². The molecule has 0 saturated heterocycles. The normalized spacial score (nSPS) is 10.5. The van der Waals surface area contributed by atoms with Gasteiger partial charge < -0.3 is 10.2 Å². The second kappa shape index (κ2) is 7.02. The number of hydrogen-bond acceptors (Lipinski definition) is 5. The maximum absolute atomic E-state index is 4.57. The monoisotopic (exact) mass is 285 g/mol. The van der Waals surface area contributed by atoms with Crippen molar-refractivity contribution in [2.24, 2.45) is 0 Å². The van der Waals surface area contributed by atoms with Crippen molar-refractivity contribution in [1.82, 2.24) is 15.0 Å². The highest BCUT2D eigenvalue weighted by atomic mass is 15.2. The lowest BCUT2D eigenvalue weighted by atomic mass is 10.3. The van der Waals surface area contributed by atoms with E-state index in [0.29, 0.717) is 5.95 Å². The van der Waals surface area contributed by atoms with Gasteiger partial charge in [-0.2, -0.15) is 4.98 Å². The Labute approximate surface area is 126 Å². The number of aromatic nitrogens is 3. The molecule has 21 heavy (non-hydrogen) atoms. The van der Waals surface area contributed by atoms with Gasteiger partial charge in [0.2, 0.25) is 5.95 Å². The van der Waals surface area contributed by atoms with Gasteiger partial charge in [-0.1, -0.05) is 13.0 Å². The Bertz CT molecular complexity index is 597.